The van der Waals surface area contributed by atoms with Crippen molar-refractivity contribution in [1.82, 2.24) is 9.80 Å². The average Bonchev–Trinajstić information content (AvgIpc) is 3.44. The molecular formula is C27H36N2O3S. The highest BCUT2D eigenvalue weighted by Gasteiger charge is 2.43. The fourth-order valence-corrected chi connectivity index (χ4v) is 4.99. The molecule has 0 saturated heterocycles. The Morgan fingerprint density at radius 3 is 2.24 bits per heavy atom. The molecule has 5 nitrogen and oxygen atoms in total. The van der Waals surface area contributed by atoms with E-state index in [2.05, 4.69) is 18.7 Å². The van der Waals surface area contributed by atoms with E-state index in [0.29, 0.717) is 11.4 Å². The number of carbonyl (C=O) groups excluding carboxylic acids is 2. The Morgan fingerprint density at radius 2 is 1.67 bits per heavy atom. The molecule has 0 aliphatic carbocycles. The van der Waals surface area contributed by atoms with Crippen LogP contribution in [0.15, 0.2) is 53.1 Å². The van der Waals surface area contributed by atoms with E-state index in [9.17, 15) is 14.7 Å². The Balaban J connectivity index is 1.81. The number of benzene rings is 1. The van der Waals surface area contributed by atoms with Crippen LogP contribution in [0.1, 0.15) is 72.8 Å². The van der Waals surface area contributed by atoms with Crippen molar-refractivity contribution in [2.75, 3.05) is 26.2 Å². The number of hydrogen-bond donors (Lipinski definition) is 1. The number of aryl methyl sites for hydroxylation is 1. The molecule has 33 heavy (non-hydrogen) atoms. The van der Waals surface area contributed by atoms with Gasteiger partial charge in [0.1, 0.15) is 0 Å². The van der Waals surface area contributed by atoms with Crippen LogP contribution < -0.4 is 0 Å². The first kappa shape index (κ1) is 25.2. The summed E-state index contributed by atoms with van der Waals surface area (Å²) in [5.74, 6) is -1.13. The van der Waals surface area contributed by atoms with E-state index in [0.717, 1.165) is 50.0 Å². The van der Waals surface area contributed by atoms with E-state index in [1.165, 1.54) is 24.2 Å². The monoisotopic (exact) mass is 468 g/mol. The lowest BCUT2D eigenvalue weighted by Crippen LogP contribution is -2.35. The van der Waals surface area contributed by atoms with Gasteiger partial charge in [-0.05, 0) is 62.8 Å². The lowest BCUT2D eigenvalue weighted by molar-refractivity contribution is -0.129. The van der Waals surface area contributed by atoms with E-state index in [-0.39, 0.29) is 11.4 Å². The third-order valence-electron chi connectivity index (χ3n) is 6.22. The molecule has 1 atom stereocenters. The Kier molecular flexibility index (Phi) is 9.27. The summed E-state index contributed by atoms with van der Waals surface area (Å²) >= 11 is 1.33. The van der Waals surface area contributed by atoms with Crippen molar-refractivity contribution in [2.45, 2.75) is 58.9 Å². The van der Waals surface area contributed by atoms with Gasteiger partial charge in [0, 0.05) is 6.54 Å². The number of aliphatic hydroxyl groups is 1. The molecule has 1 aromatic carbocycles. The molecule has 0 spiro atoms. The second-order valence-electron chi connectivity index (χ2n) is 8.78. The van der Waals surface area contributed by atoms with Crippen LogP contribution in [-0.4, -0.2) is 52.8 Å². The molecule has 1 aliphatic rings. The first-order valence-corrected chi connectivity index (χ1v) is 13.0. The van der Waals surface area contributed by atoms with Crippen LogP contribution in [0.3, 0.4) is 0 Å². The average molecular weight is 469 g/mol. The van der Waals surface area contributed by atoms with Crippen molar-refractivity contribution in [1.29, 1.82) is 0 Å². The number of ketones is 1. The SMILES string of the molecule is CCCCN(CCCC)CCCN1C(=O)C(O)=C(C(=O)c2cccs2)[C@H]1c1ccc(C)cc1. The number of amides is 1. The highest BCUT2D eigenvalue weighted by molar-refractivity contribution is 7.12. The molecule has 1 aromatic heterocycles. The van der Waals surface area contributed by atoms with Gasteiger partial charge in [-0.15, -0.1) is 11.3 Å². The van der Waals surface area contributed by atoms with Crippen LogP contribution in [0.4, 0.5) is 0 Å². The van der Waals surface area contributed by atoms with E-state index in [1.54, 1.807) is 11.0 Å². The lowest BCUT2D eigenvalue weighted by atomic mass is 9.94. The smallest absolute Gasteiger partial charge is 0.290 e. The zero-order valence-electron chi connectivity index (χ0n) is 20.0. The first-order valence-electron chi connectivity index (χ1n) is 12.1. The van der Waals surface area contributed by atoms with Gasteiger partial charge in [-0.3, -0.25) is 9.59 Å². The zero-order valence-corrected chi connectivity index (χ0v) is 20.9. The normalized spacial score (nSPS) is 16.3. The fraction of sp³-hybridized carbons (Fsp3) is 0.481. The number of unbranched alkanes of at least 4 members (excludes halogenated alkanes) is 2. The molecule has 2 heterocycles. The minimum absolute atomic E-state index is 0.195. The zero-order chi connectivity index (χ0) is 23.8. The van der Waals surface area contributed by atoms with Gasteiger partial charge in [0.2, 0.25) is 5.78 Å². The Morgan fingerprint density at radius 1 is 1.03 bits per heavy atom. The van der Waals surface area contributed by atoms with Crippen molar-refractivity contribution < 1.29 is 14.7 Å². The van der Waals surface area contributed by atoms with Crippen LogP contribution in [0.5, 0.6) is 0 Å². The molecule has 1 amide bonds. The van der Waals surface area contributed by atoms with Crippen LogP contribution in [0.2, 0.25) is 0 Å². The van der Waals surface area contributed by atoms with E-state index < -0.39 is 17.7 Å². The maximum absolute atomic E-state index is 13.3. The third-order valence-corrected chi connectivity index (χ3v) is 7.08. The van der Waals surface area contributed by atoms with Gasteiger partial charge in [-0.25, -0.2) is 0 Å². The molecule has 3 rings (SSSR count). The van der Waals surface area contributed by atoms with Crippen molar-refractivity contribution in [3.05, 3.63) is 69.1 Å². The van der Waals surface area contributed by atoms with Crippen molar-refractivity contribution >= 4 is 23.0 Å². The van der Waals surface area contributed by atoms with E-state index in [4.69, 9.17) is 0 Å². The number of aliphatic hydroxyl groups excluding tert-OH is 1. The molecule has 6 heteroatoms. The van der Waals surface area contributed by atoms with E-state index >= 15 is 0 Å². The predicted octanol–water partition coefficient (Wildman–Crippen LogP) is 5.93. The van der Waals surface area contributed by atoms with Crippen LogP contribution >= 0.6 is 11.3 Å². The Labute approximate surface area is 201 Å². The van der Waals surface area contributed by atoms with Gasteiger partial charge in [0.05, 0.1) is 16.5 Å². The quantitative estimate of drug-likeness (QED) is 0.370. The van der Waals surface area contributed by atoms with Gasteiger partial charge in [0.15, 0.2) is 5.76 Å². The maximum Gasteiger partial charge on any atom is 0.290 e. The molecule has 0 unspecified atom stereocenters. The second-order valence-corrected chi connectivity index (χ2v) is 9.73. The minimum atomic E-state index is -0.563. The molecular weight excluding hydrogens is 432 g/mol. The van der Waals surface area contributed by atoms with Crippen molar-refractivity contribution in [2.24, 2.45) is 0 Å². The molecule has 0 saturated carbocycles. The Hall–Kier alpha value is -2.44. The van der Waals surface area contributed by atoms with Gasteiger partial charge in [0.25, 0.3) is 5.91 Å². The summed E-state index contributed by atoms with van der Waals surface area (Å²) in [7, 11) is 0. The molecule has 0 bridgehead atoms. The van der Waals surface area contributed by atoms with Crippen molar-refractivity contribution in [3.8, 4) is 0 Å². The minimum Gasteiger partial charge on any atom is -0.503 e. The summed E-state index contributed by atoms with van der Waals surface area (Å²) in [6, 6.07) is 10.9. The summed E-state index contributed by atoms with van der Waals surface area (Å²) in [4.78, 5) is 31.1. The number of Topliss-reactive ketones (excluding diaryl/α,β-unsaturated/α-hetero) is 1. The fourth-order valence-electron chi connectivity index (χ4n) is 4.32. The molecule has 0 radical (unpaired) electrons. The highest BCUT2D eigenvalue weighted by atomic mass is 32.1. The second kappa shape index (κ2) is 12.1. The van der Waals surface area contributed by atoms with Gasteiger partial charge < -0.3 is 14.9 Å². The molecule has 1 aliphatic heterocycles. The van der Waals surface area contributed by atoms with Crippen LogP contribution in [0, 0.1) is 6.92 Å². The largest absolute Gasteiger partial charge is 0.503 e. The number of nitrogens with zero attached hydrogens (tertiary/aromatic N) is 2. The molecule has 0 fully saturated rings. The van der Waals surface area contributed by atoms with Crippen molar-refractivity contribution in [3.63, 3.8) is 0 Å². The molecule has 1 N–H and O–H groups in total. The van der Waals surface area contributed by atoms with Gasteiger partial charge in [-0.2, -0.15) is 0 Å². The predicted molar refractivity (Wildman–Crippen MR) is 135 cm³/mol. The summed E-state index contributed by atoms with van der Waals surface area (Å²) in [6.45, 7) is 9.94. The van der Waals surface area contributed by atoms with Crippen LogP contribution in [0.25, 0.3) is 0 Å². The summed E-state index contributed by atoms with van der Waals surface area (Å²) < 4.78 is 0. The summed E-state index contributed by atoms with van der Waals surface area (Å²) in [6.07, 6.45) is 5.46. The number of rotatable bonds is 13. The van der Waals surface area contributed by atoms with Gasteiger partial charge in [-0.1, -0.05) is 62.6 Å². The molecule has 178 valence electrons. The first-order chi connectivity index (χ1) is 16.0. The summed E-state index contributed by atoms with van der Waals surface area (Å²) in [5.41, 5.74) is 2.16. The van der Waals surface area contributed by atoms with Gasteiger partial charge >= 0.3 is 0 Å². The standard InChI is InChI=1S/C27H36N2O3S/c1-4-6-15-28(16-7-5-2)17-9-18-29-24(21-13-11-20(3)12-14-21)23(26(31)27(29)32)25(30)22-10-8-19-33-22/h8,10-14,19,24,31H,4-7,9,15-18H2,1-3H3/t24-/m1/s1. The topological polar surface area (TPSA) is 60.9 Å². The maximum atomic E-state index is 13.3. The number of thiophene rings is 1. The number of carbonyl (C=O) groups is 2. The Bertz CT molecular complexity index is 942. The highest BCUT2D eigenvalue weighted by Crippen LogP contribution is 2.39. The third kappa shape index (κ3) is 6.12. The van der Waals surface area contributed by atoms with Crippen LogP contribution in [-0.2, 0) is 4.79 Å². The molecule has 2 aromatic rings. The van der Waals surface area contributed by atoms with E-state index in [1.807, 2.05) is 42.6 Å². The number of hydrogen-bond acceptors (Lipinski definition) is 5. The summed E-state index contributed by atoms with van der Waals surface area (Å²) in [5, 5.41) is 12.6. The lowest BCUT2D eigenvalue weighted by Gasteiger charge is -2.28.